The molecule has 3 nitrogen and oxygen atoms in total. The van der Waals surface area contributed by atoms with Crippen molar-refractivity contribution >= 4 is 21.8 Å². The number of hydrogen-bond donors (Lipinski definition) is 2. The summed E-state index contributed by atoms with van der Waals surface area (Å²) in [6.45, 7) is 3.59. The number of carbonyl (C=O) groups is 1. The number of rotatable bonds is 5. The molecule has 0 saturated carbocycles. The second kappa shape index (κ2) is 6.66. The van der Waals surface area contributed by atoms with Gasteiger partial charge < -0.3 is 10.6 Å². The maximum absolute atomic E-state index is 11.7. The summed E-state index contributed by atoms with van der Waals surface area (Å²) in [7, 11) is 1.90. The molecule has 0 heterocycles. The fourth-order valence-corrected chi connectivity index (χ4v) is 1.60. The zero-order valence-electron chi connectivity index (χ0n) is 9.64. The number of nitrogens with one attached hydrogen (secondary N) is 2. The molecule has 4 heteroatoms. The molecule has 88 valence electrons. The third-order valence-corrected chi connectivity index (χ3v) is 3.20. The lowest BCUT2D eigenvalue weighted by molar-refractivity contribution is 0.0953. The van der Waals surface area contributed by atoms with Crippen LogP contribution in [0.2, 0.25) is 0 Å². The van der Waals surface area contributed by atoms with Crippen molar-refractivity contribution < 1.29 is 4.79 Å². The van der Waals surface area contributed by atoms with E-state index in [-0.39, 0.29) is 5.91 Å². The molecule has 0 atom stereocenters. The highest BCUT2D eigenvalue weighted by Crippen LogP contribution is 2.16. The zero-order valence-corrected chi connectivity index (χ0v) is 11.2. The van der Waals surface area contributed by atoms with Gasteiger partial charge in [0.1, 0.15) is 0 Å². The maximum atomic E-state index is 11.7. The van der Waals surface area contributed by atoms with Gasteiger partial charge >= 0.3 is 0 Å². The van der Waals surface area contributed by atoms with Gasteiger partial charge in [0.25, 0.3) is 5.91 Å². The van der Waals surface area contributed by atoms with Crippen LogP contribution in [-0.2, 0) is 0 Å². The number of carbonyl (C=O) groups excluding carboxylic acids is 1. The Balaban J connectivity index is 2.50. The Morgan fingerprint density at radius 2 is 2.12 bits per heavy atom. The van der Waals surface area contributed by atoms with Crippen LogP contribution in [0.4, 0.5) is 0 Å². The smallest absolute Gasteiger partial charge is 0.251 e. The SMILES string of the molecule is CNCCCNC(=O)c1ccc(Br)c(C)c1. The first kappa shape index (κ1) is 13.2. The van der Waals surface area contributed by atoms with E-state index in [1.54, 1.807) is 0 Å². The van der Waals surface area contributed by atoms with Crippen molar-refractivity contribution in [3.05, 3.63) is 33.8 Å². The van der Waals surface area contributed by atoms with Crippen molar-refractivity contribution in [3.8, 4) is 0 Å². The minimum absolute atomic E-state index is 0.00768. The molecule has 0 fully saturated rings. The number of benzene rings is 1. The molecule has 0 aromatic heterocycles. The van der Waals surface area contributed by atoms with Crippen LogP contribution in [-0.4, -0.2) is 26.0 Å². The lowest BCUT2D eigenvalue weighted by Gasteiger charge is -2.06. The molecule has 0 bridgehead atoms. The van der Waals surface area contributed by atoms with Gasteiger partial charge in [-0.25, -0.2) is 0 Å². The van der Waals surface area contributed by atoms with Crippen LogP contribution in [0.25, 0.3) is 0 Å². The normalized spacial score (nSPS) is 10.2. The molecule has 1 amide bonds. The predicted molar refractivity (Wildman–Crippen MR) is 69.8 cm³/mol. The summed E-state index contributed by atoms with van der Waals surface area (Å²) in [6, 6.07) is 5.61. The van der Waals surface area contributed by atoms with Gasteiger partial charge in [0.2, 0.25) is 0 Å². The van der Waals surface area contributed by atoms with Gasteiger partial charge in [0.05, 0.1) is 0 Å². The fourth-order valence-electron chi connectivity index (χ4n) is 1.36. The Morgan fingerprint density at radius 1 is 1.38 bits per heavy atom. The lowest BCUT2D eigenvalue weighted by atomic mass is 10.1. The molecule has 1 aromatic carbocycles. The summed E-state index contributed by atoms with van der Waals surface area (Å²) >= 11 is 3.41. The largest absolute Gasteiger partial charge is 0.352 e. The van der Waals surface area contributed by atoms with Crippen LogP contribution in [0.5, 0.6) is 0 Å². The Labute approximate surface area is 105 Å². The van der Waals surface area contributed by atoms with E-state index in [1.165, 1.54) is 0 Å². The quantitative estimate of drug-likeness (QED) is 0.813. The third kappa shape index (κ3) is 3.94. The summed E-state index contributed by atoms with van der Waals surface area (Å²) in [6.07, 6.45) is 0.942. The number of hydrogen-bond acceptors (Lipinski definition) is 2. The van der Waals surface area contributed by atoms with Crippen molar-refractivity contribution in [3.63, 3.8) is 0 Å². The Kier molecular flexibility index (Phi) is 5.49. The Hall–Kier alpha value is -0.870. The van der Waals surface area contributed by atoms with Gasteiger partial charge in [-0.05, 0) is 50.7 Å². The van der Waals surface area contributed by atoms with Crippen molar-refractivity contribution in [1.29, 1.82) is 0 Å². The second-order valence-corrected chi connectivity index (χ2v) is 4.53. The molecule has 1 aromatic rings. The van der Waals surface area contributed by atoms with E-state index >= 15 is 0 Å². The van der Waals surface area contributed by atoms with Gasteiger partial charge in [0.15, 0.2) is 0 Å². The summed E-state index contributed by atoms with van der Waals surface area (Å²) in [5.74, 6) is -0.00768. The van der Waals surface area contributed by atoms with Crippen LogP contribution in [0.15, 0.2) is 22.7 Å². The molecular weight excluding hydrogens is 268 g/mol. The standard InChI is InChI=1S/C12H17BrN2O/c1-9-8-10(4-5-11(9)13)12(16)15-7-3-6-14-2/h4-5,8,14H,3,6-7H2,1-2H3,(H,15,16). The Bertz CT molecular complexity index is 366. The molecule has 0 aliphatic rings. The van der Waals surface area contributed by atoms with E-state index in [4.69, 9.17) is 0 Å². The summed E-state index contributed by atoms with van der Waals surface area (Å²) < 4.78 is 1.03. The van der Waals surface area contributed by atoms with E-state index in [0.717, 1.165) is 23.0 Å². The van der Waals surface area contributed by atoms with Gasteiger partial charge in [0, 0.05) is 16.6 Å². The maximum Gasteiger partial charge on any atom is 0.251 e. The average molecular weight is 285 g/mol. The molecule has 0 aliphatic heterocycles. The zero-order chi connectivity index (χ0) is 12.0. The fraction of sp³-hybridized carbons (Fsp3) is 0.417. The molecule has 0 saturated heterocycles. The molecule has 0 unspecified atom stereocenters. The van der Waals surface area contributed by atoms with Crippen molar-refractivity contribution in [2.75, 3.05) is 20.1 Å². The molecule has 0 aliphatic carbocycles. The second-order valence-electron chi connectivity index (χ2n) is 3.68. The van der Waals surface area contributed by atoms with E-state index in [1.807, 2.05) is 32.2 Å². The lowest BCUT2D eigenvalue weighted by Crippen LogP contribution is -2.26. The van der Waals surface area contributed by atoms with E-state index in [2.05, 4.69) is 26.6 Å². The number of halogens is 1. The first-order valence-electron chi connectivity index (χ1n) is 5.34. The highest BCUT2D eigenvalue weighted by molar-refractivity contribution is 9.10. The van der Waals surface area contributed by atoms with Crippen LogP contribution >= 0.6 is 15.9 Å². The summed E-state index contributed by atoms with van der Waals surface area (Å²) in [4.78, 5) is 11.7. The van der Waals surface area contributed by atoms with Gasteiger partial charge in [-0.15, -0.1) is 0 Å². The molecule has 16 heavy (non-hydrogen) atoms. The predicted octanol–water partition coefficient (Wildman–Crippen LogP) is 2.10. The highest BCUT2D eigenvalue weighted by Gasteiger charge is 2.05. The summed E-state index contributed by atoms with van der Waals surface area (Å²) in [5, 5.41) is 5.93. The Morgan fingerprint density at radius 3 is 2.75 bits per heavy atom. The average Bonchev–Trinajstić information content (AvgIpc) is 2.28. The number of aryl methyl sites for hydroxylation is 1. The summed E-state index contributed by atoms with van der Waals surface area (Å²) in [5.41, 5.74) is 1.79. The van der Waals surface area contributed by atoms with Gasteiger partial charge in [-0.1, -0.05) is 15.9 Å². The molecule has 0 radical (unpaired) electrons. The monoisotopic (exact) mass is 284 g/mol. The van der Waals surface area contributed by atoms with Crippen LogP contribution < -0.4 is 10.6 Å². The van der Waals surface area contributed by atoms with E-state index in [0.29, 0.717) is 12.1 Å². The van der Waals surface area contributed by atoms with Crippen molar-refractivity contribution in [1.82, 2.24) is 10.6 Å². The minimum atomic E-state index is -0.00768. The molecule has 1 rings (SSSR count). The molecule has 2 N–H and O–H groups in total. The number of amides is 1. The van der Waals surface area contributed by atoms with Crippen LogP contribution in [0.3, 0.4) is 0 Å². The third-order valence-electron chi connectivity index (χ3n) is 2.31. The van der Waals surface area contributed by atoms with Crippen LogP contribution in [0.1, 0.15) is 22.3 Å². The van der Waals surface area contributed by atoms with Crippen molar-refractivity contribution in [2.24, 2.45) is 0 Å². The topological polar surface area (TPSA) is 41.1 Å². The van der Waals surface area contributed by atoms with E-state index in [9.17, 15) is 4.79 Å². The van der Waals surface area contributed by atoms with Crippen LogP contribution in [0, 0.1) is 6.92 Å². The molecule has 0 spiro atoms. The first-order chi connectivity index (χ1) is 7.65. The highest BCUT2D eigenvalue weighted by atomic mass is 79.9. The first-order valence-corrected chi connectivity index (χ1v) is 6.13. The van der Waals surface area contributed by atoms with Gasteiger partial charge in [-0.3, -0.25) is 4.79 Å². The minimum Gasteiger partial charge on any atom is -0.352 e. The van der Waals surface area contributed by atoms with E-state index < -0.39 is 0 Å². The van der Waals surface area contributed by atoms with Crippen molar-refractivity contribution in [2.45, 2.75) is 13.3 Å². The van der Waals surface area contributed by atoms with Gasteiger partial charge in [-0.2, -0.15) is 0 Å². The molecular formula is C12H17BrN2O.